The smallest absolute Gasteiger partial charge is 0.335 e. The molecule has 1 rings (SSSR count). The molecule has 128 valence electrons. The molecule has 0 aliphatic heterocycles. The highest BCUT2D eigenvalue weighted by Crippen LogP contribution is 2.23. The minimum absolute atomic E-state index is 0.0944. The maximum atomic E-state index is 12.4. The second-order valence-electron chi connectivity index (χ2n) is 5.43. The molecule has 8 heteroatoms. The molecule has 0 radical (unpaired) electrons. The number of benzene rings is 1. The number of sulfone groups is 1. The van der Waals surface area contributed by atoms with Gasteiger partial charge in [-0.2, -0.15) is 0 Å². The van der Waals surface area contributed by atoms with Crippen molar-refractivity contribution in [2.75, 3.05) is 17.3 Å². The number of hydrogen-bond donors (Lipinski definition) is 2. The summed E-state index contributed by atoms with van der Waals surface area (Å²) in [5.74, 6) is -0.666. The fourth-order valence-electron chi connectivity index (χ4n) is 1.97. The van der Waals surface area contributed by atoms with E-state index in [0.717, 1.165) is 18.1 Å². The van der Waals surface area contributed by atoms with Gasteiger partial charge in [0.25, 0.3) is 0 Å². The van der Waals surface area contributed by atoms with Crippen LogP contribution < -0.4 is 5.32 Å². The number of nitrogens with one attached hydrogen (secondary N) is 1. The van der Waals surface area contributed by atoms with Crippen LogP contribution in [0.15, 0.2) is 23.1 Å². The molecule has 0 spiro atoms. The molecule has 0 aromatic heterocycles. The molecule has 1 aromatic carbocycles. The van der Waals surface area contributed by atoms with Crippen molar-refractivity contribution in [1.82, 2.24) is 0 Å². The zero-order valence-electron chi connectivity index (χ0n) is 13.5. The van der Waals surface area contributed by atoms with Crippen molar-refractivity contribution in [3.05, 3.63) is 23.8 Å². The summed E-state index contributed by atoms with van der Waals surface area (Å²) in [4.78, 5) is 23.4. The van der Waals surface area contributed by atoms with Gasteiger partial charge in [-0.25, -0.2) is 13.2 Å². The first-order valence-electron chi connectivity index (χ1n) is 7.07. The van der Waals surface area contributed by atoms with E-state index in [4.69, 9.17) is 5.11 Å². The Balaban J connectivity index is 3.19. The maximum absolute atomic E-state index is 12.4. The molecular formula is C15H21NO5S2. The van der Waals surface area contributed by atoms with Gasteiger partial charge in [0.1, 0.15) is 0 Å². The number of carbonyl (C=O) groups excluding carboxylic acids is 1. The summed E-state index contributed by atoms with van der Waals surface area (Å²) < 4.78 is 23.4. The van der Waals surface area contributed by atoms with E-state index in [1.54, 1.807) is 0 Å². The lowest BCUT2D eigenvalue weighted by Gasteiger charge is -2.19. The highest BCUT2D eigenvalue weighted by Gasteiger charge is 2.23. The largest absolute Gasteiger partial charge is 0.478 e. The Morgan fingerprint density at radius 3 is 2.30 bits per heavy atom. The van der Waals surface area contributed by atoms with Crippen molar-refractivity contribution in [1.29, 1.82) is 0 Å². The molecule has 1 amide bonds. The molecule has 1 unspecified atom stereocenters. The molecule has 2 N–H and O–H groups in total. The second-order valence-corrected chi connectivity index (χ2v) is 8.87. The van der Waals surface area contributed by atoms with Gasteiger partial charge < -0.3 is 10.4 Å². The first-order chi connectivity index (χ1) is 10.6. The van der Waals surface area contributed by atoms with Crippen LogP contribution in [-0.2, 0) is 14.6 Å². The first kappa shape index (κ1) is 19.5. The van der Waals surface area contributed by atoms with E-state index < -0.39 is 15.8 Å². The first-order valence-corrected chi connectivity index (χ1v) is 10.0. The van der Waals surface area contributed by atoms with Gasteiger partial charge in [-0.1, -0.05) is 20.8 Å². The predicted octanol–water partition coefficient (Wildman–Crippen LogP) is 2.50. The summed E-state index contributed by atoms with van der Waals surface area (Å²) in [7, 11) is -3.58. The van der Waals surface area contributed by atoms with Gasteiger partial charge in [0.2, 0.25) is 5.91 Å². The SMILES string of the molecule is CCSC(C(=O)Nc1cc(C(=O)O)cc(S(C)(=O)=O)c1)C(C)C. The Morgan fingerprint density at radius 1 is 1.26 bits per heavy atom. The number of carbonyl (C=O) groups is 2. The lowest BCUT2D eigenvalue weighted by Crippen LogP contribution is -2.30. The summed E-state index contributed by atoms with van der Waals surface area (Å²) in [6.07, 6.45) is 0.990. The lowest BCUT2D eigenvalue weighted by atomic mass is 10.1. The third kappa shape index (κ3) is 5.54. The molecule has 23 heavy (non-hydrogen) atoms. The van der Waals surface area contributed by atoms with Crippen molar-refractivity contribution in [3.63, 3.8) is 0 Å². The quantitative estimate of drug-likeness (QED) is 0.776. The lowest BCUT2D eigenvalue weighted by molar-refractivity contribution is -0.116. The van der Waals surface area contributed by atoms with E-state index in [-0.39, 0.29) is 33.2 Å². The summed E-state index contributed by atoms with van der Waals surface area (Å²) in [6, 6.07) is 3.60. The number of thioether (sulfide) groups is 1. The fraction of sp³-hybridized carbons (Fsp3) is 0.467. The van der Waals surface area contributed by atoms with Crippen LogP contribution in [0.5, 0.6) is 0 Å². The average Bonchev–Trinajstić information content (AvgIpc) is 2.42. The second kappa shape index (κ2) is 7.83. The predicted molar refractivity (Wildman–Crippen MR) is 91.9 cm³/mol. The van der Waals surface area contributed by atoms with Gasteiger partial charge in [0.15, 0.2) is 9.84 Å². The number of rotatable bonds is 7. The Hall–Kier alpha value is -1.54. The topological polar surface area (TPSA) is 101 Å². The van der Waals surface area contributed by atoms with Crippen LogP contribution in [0.4, 0.5) is 5.69 Å². The Morgan fingerprint density at radius 2 is 1.87 bits per heavy atom. The van der Waals surface area contributed by atoms with Crippen molar-refractivity contribution in [3.8, 4) is 0 Å². The highest BCUT2D eigenvalue weighted by atomic mass is 32.2. The maximum Gasteiger partial charge on any atom is 0.335 e. The monoisotopic (exact) mass is 359 g/mol. The number of anilines is 1. The fourth-order valence-corrected chi connectivity index (χ4v) is 3.61. The molecule has 6 nitrogen and oxygen atoms in total. The Labute approximate surface area is 140 Å². The van der Waals surface area contributed by atoms with Crippen LogP contribution in [0.25, 0.3) is 0 Å². The minimum Gasteiger partial charge on any atom is -0.478 e. The van der Waals surface area contributed by atoms with E-state index in [1.807, 2.05) is 20.8 Å². The van der Waals surface area contributed by atoms with Crippen LogP contribution in [0.1, 0.15) is 31.1 Å². The minimum atomic E-state index is -3.58. The standard InChI is InChI=1S/C15H21NO5S2/c1-5-22-13(9(2)3)14(17)16-11-6-10(15(18)19)7-12(8-11)23(4,20)21/h6-9,13H,5H2,1-4H3,(H,16,17)(H,18,19). The van der Waals surface area contributed by atoms with Crippen molar-refractivity contribution < 1.29 is 23.1 Å². The zero-order valence-corrected chi connectivity index (χ0v) is 15.1. The molecule has 0 saturated carbocycles. The van der Waals surface area contributed by atoms with E-state index >= 15 is 0 Å². The molecule has 0 saturated heterocycles. The number of amides is 1. The van der Waals surface area contributed by atoms with Crippen molar-refractivity contribution in [2.45, 2.75) is 30.9 Å². The van der Waals surface area contributed by atoms with Crippen LogP contribution in [0.2, 0.25) is 0 Å². The van der Waals surface area contributed by atoms with E-state index in [2.05, 4.69) is 5.32 Å². The molecule has 1 atom stereocenters. The zero-order chi connectivity index (χ0) is 17.8. The Kier molecular flexibility index (Phi) is 6.64. The molecule has 0 aliphatic carbocycles. The molecule has 1 aromatic rings. The average molecular weight is 359 g/mol. The van der Waals surface area contributed by atoms with Gasteiger partial charge >= 0.3 is 5.97 Å². The van der Waals surface area contributed by atoms with E-state index in [0.29, 0.717) is 0 Å². The molecular weight excluding hydrogens is 338 g/mol. The van der Waals surface area contributed by atoms with E-state index in [9.17, 15) is 18.0 Å². The number of carboxylic acid groups (broad SMARTS) is 1. The molecule has 0 aliphatic rings. The van der Waals surface area contributed by atoms with Crippen LogP contribution in [-0.4, -0.2) is 42.7 Å². The van der Waals surface area contributed by atoms with Gasteiger partial charge in [-0.3, -0.25) is 4.79 Å². The van der Waals surface area contributed by atoms with E-state index in [1.165, 1.54) is 23.9 Å². The number of carboxylic acids is 1. The molecule has 0 bridgehead atoms. The van der Waals surface area contributed by atoms with Crippen LogP contribution in [0, 0.1) is 5.92 Å². The van der Waals surface area contributed by atoms with Crippen LogP contribution in [0.3, 0.4) is 0 Å². The number of hydrogen-bond acceptors (Lipinski definition) is 5. The Bertz CT molecular complexity index is 698. The summed E-state index contributed by atoms with van der Waals surface area (Å²) in [5.41, 5.74) is -0.0230. The third-order valence-corrected chi connectivity index (χ3v) is 5.60. The summed E-state index contributed by atoms with van der Waals surface area (Å²) in [6.45, 7) is 5.78. The van der Waals surface area contributed by atoms with Crippen molar-refractivity contribution >= 4 is 39.2 Å². The molecule has 0 heterocycles. The third-order valence-electron chi connectivity index (χ3n) is 3.06. The van der Waals surface area contributed by atoms with Gasteiger partial charge in [0, 0.05) is 11.9 Å². The molecule has 0 fully saturated rings. The van der Waals surface area contributed by atoms with Crippen LogP contribution >= 0.6 is 11.8 Å². The summed E-state index contributed by atoms with van der Waals surface area (Å²) in [5, 5.41) is 11.4. The number of aromatic carboxylic acids is 1. The van der Waals surface area contributed by atoms with Gasteiger partial charge in [-0.15, -0.1) is 11.8 Å². The highest BCUT2D eigenvalue weighted by molar-refractivity contribution is 8.00. The van der Waals surface area contributed by atoms with Crippen molar-refractivity contribution in [2.24, 2.45) is 5.92 Å². The normalized spacial score (nSPS) is 12.9. The van der Waals surface area contributed by atoms with Gasteiger partial charge in [-0.05, 0) is 29.9 Å². The summed E-state index contributed by atoms with van der Waals surface area (Å²) >= 11 is 1.49. The van der Waals surface area contributed by atoms with Gasteiger partial charge in [0.05, 0.1) is 15.7 Å².